The molecular weight excluding hydrogens is 364 g/mol. The van der Waals surface area contributed by atoms with Crippen LogP contribution in [0.3, 0.4) is 0 Å². The highest BCUT2D eigenvalue weighted by Gasteiger charge is 2.26. The molecule has 0 atom stereocenters. The number of carbonyl (C=O) groups is 2. The molecule has 0 saturated carbocycles. The van der Waals surface area contributed by atoms with Crippen molar-refractivity contribution in [3.8, 4) is 0 Å². The molecule has 3 heterocycles. The van der Waals surface area contributed by atoms with Crippen molar-refractivity contribution < 1.29 is 14.1 Å². The third-order valence-corrected chi connectivity index (χ3v) is 5.47. The lowest BCUT2D eigenvalue weighted by Gasteiger charge is -2.26. The fraction of sp³-hybridized carbons (Fsp3) is 0.263. The number of fused-ring (bicyclic) bond motifs is 1. The van der Waals surface area contributed by atoms with Crippen LogP contribution in [-0.2, 0) is 13.0 Å². The van der Waals surface area contributed by atoms with E-state index in [1.165, 1.54) is 11.3 Å². The van der Waals surface area contributed by atoms with Gasteiger partial charge in [-0.1, -0.05) is 34.7 Å². The van der Waals surface area contributed by atoms with E-state index in [0.29, 0.717) is 30.4 Å². The van der Waals surface area contributed by atoms with E-state index in [9.17, 15) is 9.59 Å². The number of thiazole rings is 1. The van der Waals surface area contributed by atoms with Crippen molar-refractivity contribution in [1.82, 2.24) is 15.0 Å². The van der Waals surface area contributed by atoms with E-state index in [2.05, 4.69) is 15.5 Å². The topological polar surface area (TPSA) is 88.3 Å². The van der Waals surface area contributed by atoms with E-state index in [1.807, 2.05) is 36.1 Å². The van der Waals surface area contributed by atoms with Gasteiger partial charge in [0.15, 0.2) is 10.8 Å². The number of carbonyl (C=O) groups excluding carboxylic acids is 2. The van der Waals surface area contributed by atoms with Crippen LogP contribution in [0.1, 0.15) is 42.7 Å². The number of amides is 2. The van der Waals surface area contributed by atoms with Crippen molar-refractivity contribution in [3.05, 3.63) is 63.5 Å². The second kappa shape index (κ2) is 6.96. The fourth-order valence-corrected chi connectivity index (χ4v) is 4.06. The molecule has 2 aromatic heterocycles. The van der Waals surface area contributed by atoms with E-state index < -0.39 is 0 Å². The zero-order chi connectivity index (χ0) is 19.0. The standard InChI is InChI=1S/C19H18N4O3S/c1-11-5-3-4-6-13(11)18(25)23-8-7-14-16(10-23)27-19(20-14)21-17(24)15-9-12(2)26-22-15/h3-6,9H,7-8,10H2,1-2H3,(H,20,21,24). The Labute approximate surface area is 160 Å². The molecule has 138 valence electrons. The molecule has 0 unspecified atom stereocenters. The summed E-state index contributed by atoms with van der Waals surface area (Å²) >= 11 is 1.39. The lowest BCUT2D eigenvalue weighted by Crippen LogP contribution is -2.35. The Balaban J connectivity index is 1.48. The highest BCUT2D eigenvalue weighted by atomic mass is 32.1. The van der Waals surface area contributed by atoms with Gasteiger partial charge in [-0.25, -0.2) is 4.98 Å². The maximum Gasteiger partial charge on any atom is 0.279 e. The van der Waals surface area contributed by atoms with E-state index >= 15 is 0 Å². The number of hydrogen-bond donors (Lipinski definition) is 1. The predicted molar refractivity (Wildman–Crippen MR) is 101 cm³/mol. The van der Waals surface area contributed by atoms with Crippen molar-refractivity contribution in [2.45, 2.75) is 26.8 Å². The third-order valence-electron chi connectivity index (χ3n) is 4.47. The van der Waals surface area contributed by atoms with Crippen molar-refractivity contribution in [1.29, 1.82) is 0 Å². The molecule has 1 aromatic carbocycles. The van der Waals surface area contributed by atoms with Crippen LogP contribution < -0.4 is 5.32 Å². The number of aryl methyl sites for hydroxylation is 2. The number of anilines is 1. The normalized spacial score (nSPS) is 13.3. The maximum absolute atomic E-state index is 12.8. The fourth-order valence-electron chi connectivity index (χ4n) is 3.04. The molecule has 1 N–H and O–H groups in total. The maximum atomic E-state index is 12.8. The smallest absolute Gasteiger partial charge is 0.279 e. The summed E-state index contributed by atoms with van der Waals surface area (Å²) in [6, 6.07) is 9.17. The molecule has 3 aromatic rings. The molecule has 27 heavy (non-hydrogen) atoms. The van der Waals surface area contributed by atoms with Gasteiger partial charge in [0.1, 0.15) is 5.76 Å². The van der Waals surface area contributed by atoms with Crippen molar-refractivity contribution in [3.63, 3.8) is 0 Å². The number of rotatable bonds is 3. The van der Waals surface area contributed by atoms with Crippen molar-refractivity contribution in [2.24, 2.45) is 0 Å². The van der Waals surface area contributed by atoms with E-state index in [0.717, 1.165) is 21.7 Å². The van der Waals surface area contributed by atoms with Gasteiger partial charge in [-0.15, -0.1) is 0 Å². The van der Waals surface area contributed by atoms with Gasteiger partial charge in [0.2, 0.25) is 0 Å². The van der Waals surface area contributed by atoms with Crippen LogP contribution in [0.25, 0.3) is 0 Å². The molecule has 0 radical (unpaired) electrons. The second-order valence-electron chi connectivity index (χ2n) is 6.46. The Bertz CT molecular complexity index is 1020. The van der Waals surface area contributed by atoms with E-state index in [4.69, 9.17) is 4.52 Å². The van der Waals surface area contributed by atoms with Crippen LogP contribution >= 0.6 is 11.3 Å². The summed E-state index contributed by atoms with van der Waals surface area (Å²) in [5.41, 5.74) is 2.84. The molecule has 1 aliphatic heterocycles. The number of benzene rings is 1. The molecule has 0 spiro atoms. The van der Waals surface area contributed by atoms with Crippen LogP contribution in [0.2, 0.25) is 0 Å². The lowest BCUT2D eigenvalue weighted by molar-refractivity contribution is 0.0735. The quantitative estimate of drug-likeness (QED) is 0.751. The first-order valence-electron chi connectivity index (χ1n) is 8.59. The van der Waals surface area contributed by atoms with Gasteiger partial charge in [-0.3, -0.25) is 14.9 Å². The van der Waals surface area contributed by atoms with E-state index in [-0.39, 0.29) is 17.5 Å². The van der Waals surface area contributed by atoms with Crippen LogP contribution in [0.5, 0.6) is 0 Å². The van der Waals surface area contributed by atoms with Gasteiger partial charge in [0, 0.05) is 29.5 Å². The summed E-state index contributed by atoms with van der Waals surface area (Å²) in [6.45, 7) is 4.78. The summed E-state index contributed by atoms with van der Waals surface area (Å²) in [5.74, 6) is 0.241. The molecule has 8 heteroatoms. The summed E-state index contributed by atoms with van der Waals surface area (Å²) in [6.07, 6.45) is 0.669. The molecule has 7 nitrogen and oxygen atoms in total. The zero-order valence-electron chi connectivity index (χ0n) is 15.0. The Kier molecular flexibility index (Phi) is 4.49. The van der Waals surface area contributed by atoms with Crippen LogP contribution in [0.15, 0.2) is 34.9 Å². The molecular formula is C19H18N4O3S. The van der Waals surface area contributed by atoms with Gasteiger partial charge >= 0.3 is 0 Å². The molecule has 1 aliphatic rings. The Morgan fingerprint density at radius 3 is 2.81 bits per heavy atom. The van der Waals surface area contributed by atoms with Crippen LogP contribution in [0.4, 0.5) is 5.13 Å². The van der Waals surface area contributed by atoms with Gasteiger partial charge in [0.05, 0.1) is 12.2 Å². The van der Waals surface area contributed by atoms with Gasteiger partial charge in [0.25, 0.3) is 11.8 Å². The Morgan fingerprint density at radius 1 is 1.26 bits per heavy atom. The largest absolute Gasteiger partial charge is 0.361 e. The van der Waals surface area contributed by atoms with Crippen LogP contribution in [0, 0.1) is 13.8 Å². The zero-order valence-corrected chi connectivity index (χ0v) is 15.8. The highest BCUT2D eigenvalue weighted by molar-refractivity contribution is 7.15. The molecule has 0 aliphatic carbocycles. The minimum absolute atomic E-state index is 0.0239. The third kappa shape index (κ3) is 3.48. The SMILES string of the molecule is Cc1cc(C(=O)Nc2nc3c(s2)CN(C(=O)c2ccccc2C)CC3)no1. The first kappa shape index (κ1) is 17.4. The number of nitrogens with one attached hydrogen (secondary N) is 1. The number of aromatic nitrogens is 2. The molecule has 0 bridgehead atoms. The van der Waals surface area contributed by atoms with Crippen molar-refractivity contribution in [2.75, 3.05) is 11.9 Å². The Morgan fingerprint density at radius 2 is 2.07 bits per heavy atom. The summed E-state index contributed by atoms with van der Waals surface area (Å²) in [7, 11) is 0. The first-order chi connectivity index (χ1) is 13.0. The molecule has 2 amide bonds. The molecule has 0 fully saturated rings. The average molecular weight is 382 g/mol. The number of nitrogens with zero attached hydrogens (tertiary/aromatic N) is 3. The number of hydrogen-bond acceptors (Lipinski definition) is 6. The Hall–Kier alpha value is -3.00. The summed E-state index contributed by atoms with van der Waals surface area (Å²) < 4.78 is 4.92. The monoisotopic (exact) mass is 382 g/mol. The minimum atomic E-state index is -0.356. The van der Waals surface area contributed by atoms with Gasteiger partial charge in [-0.05, 0) is 25.5 Å². The molecule has 0 saturated heterocycles. The van der Waals surface area contributed by atoms with Crippen LogP contribution in [-0.4, -0.2) is 33.4 Å². The minimum Gasteiger partial charge on any atom is -0.361 e. The van der Waals surface area contributed by atoms with Crippen molar-refractivity contribution >= 4 is 28.3 Å². The molecule has 4 rings (SSSR count). The second-order valence-corrected chi connectivity index (χ2v) is 7.54. The predicted octanol–water partition coefficient (Wildman–Crippen LogP) is 3.20. The first-order valence-corrected chi connectivity index (χ1v) is 9.41. The summed E-state index contributed by atoms with van der Waals surface area (Å²) in [4.78, 5) is 32.3. The van der Waals surface area contributed by atoms with Gasteiger partial charge in [-0.2, -0.15) is 0 Å². The summed E-state index contributed by atoms with van der Waals surface area (Å²) in [5, 5.41) is 6.97. The van der Waals surface area contributed by atoms with E-state index in [1.54, 1.807) is 13.0 Å². The average Bonchev–Trinajstić information content (AvgIpc) is 3.26. The lowest BCUT2D eigenvalue weighted by atomic mass is 10.1. The van der Waals surface area contributed by atoms with Gasteiger partial charge < -0.3 is 9.42 Å². The highest BCUT2D eigenvalue weighted by Crippen LogP contribution is 2.29.